The summed E-state index contributed by atoms with van der Waals surface area (Å²) in [6.45, 7) is 7.44. The lowest BCUT2D eigenvalue weighted by Gasteiger charge is -2.23. The molecule has 0 radical (unpaired) electrons. The third-order valence-corrected chi connectivity index (χ3v) is 6.41. The molecule has 1 aliphatic heterocycles. The maximum Gasteiger partial charge on any atom is 0.332 e. The third-order valence-electron chi connectivity index (χ3n) is 4.67. The molecule has 3 amide bonds. The van der Waals surface area contributed by atoms with Gasteiger partial charge in [0.1, 0.15) is 5.82 Å². The topological polar surface area (TPSA) is 95.6 Å². The predicted octanol–water partition coefficient (Wildman–Crippen LogP) is 3.10. The van der Waals surface area contributed by atoms with Crippen LogP contribution in [0.1, 0.15) is 63.5 Å². The zero-order chi connectivity index (χ0) is 20.5. The molecule has 1 fully saturated rings. The molecule has 27 heavy (non-hydrogen) atoms. The molecule has 9 heteroatoms. The number of hydrogen-bond donors (Lipinski definition) is 2. The lowest BCUT2D eigenvalue weighted by molar-refractivity contribution is -0.126. The number of carbonyl (C=O) groups excluding carboxylic acids is 2. The van der Waals surface area contributed by atoms with Crippen LogP contribution in [0.25, 0.3) is 0 Å². The number of nitrogens with one attached hydrogen (secondary N) is 2. The Bertz CT molecular complexity index is 823. The minimum absolute atomic E-state index is 0.0799. The number of rotatable bonds is 5. The maximum absolute atomic E-state index is 14.0. The normalized spacial score (nSPS) is 17.7. The van der Waals surface area contributed by atoms with Crippen LogP contribution in [0.3, 0.4) is 0 Å². The number of benzene rings is 1. The summed E-state index contributed by atoms with van der Waals surface area (Å²) in [5.74, 6) is -0.854. The minimum atomic E-state index is -4.07. The number of sulfonamides is 1. The lowest BCUT2D eigenvalue weighted by atomic mass is 9.92. The Labute approximate surface area is 159 Å². The fourth-order valence-electron chi connectivity index (χ4n) is 3.18. The second kappa shape index (κ2) is 7.84. The molecular weight excluding hydrogens is 373 g/mol. The van der Waals surface area contributed by atoms with Crippen molar-refractivity contribution >= 4 is 27.6 Å². The molecule has 0 bridgehead atoms. The van der Waals surface area contributed by atoms with Crippen LogP contribution in [-0.4, -0.2) is 37.7 Å². The highest BCUT2D eigenvalue weighted by Gasteiger charge is 2.38. The van der Waals surface area contributed by atoms with E-state index in [-0.39, 0.29) is 30.6 Å². The summed E-state index contributed by atoms with van der Waals surface area (Å²) >= 11 is 0. The van der Waals surface area contributed by atoms with E-state index in [2.05, 4.69) is 5.32 Å². The number of carbonyl (C=O) groups is 2. The van der Waals surface area contributed by atoms with Crippen LogP contribution in [-0.2, 0) is 14.8 Å². The SMILES string of the molecule is CC(C)c1cc(F)cc(C(C)C)c1NC(=O)NS(=O)(=O)C1CCC(=O)N1C. The summed E-state index contributed by atoms with van der Waals surface area (Å²) in [5, 5.41) is 1.49. The van der Waals surface area contributed by atoms with Crippen LogP contribution in [0.15, 0.2) is 12.1 Å². The van der Waals surface area contributed by atoms with Crippen molar-refractivity contribution in [2.45, 2.75) is 57.7 Å². The van der Waals surface area contributed by atoms with Gasteiger partial charge in [-0.25, -0.2) is 22.3 Å². The fraction of sp³-hybridized carbons (Fsp3) is 0.556. The lowest BCUT2D eigenvalue weighted by Crippen LogP contribution is -2.46. The number of amides is 3. The molecule has 1 aromatic carbocycles. The average Bonchev–Trinajstić information content (AvgIpc) is 2.87. The monoisotopic (exact) mass is 399 g/mol. The first kappa shape index (κ1) is 21.1. The van der Waals surface area contributed by atoms with E-state index in [4.69, 9.17) is 0 Å². The van der Waals surface area contributed by atoms with Gasteiger partial charge in [-0.1, -0.05) is 27.7 Å². The van der Waals surface area contributed by atoms with Crippen molar-refractivity contribution in [3.05, 3.63) is 29.1 Å². The van der Waals surface area contributed by atoms with Gasteiger partial charge in [0.2, 0.25) is 5.91 Å². The van der Waals surface area contributed by atoms with Crippen molar-refractivity contribution in [2.24, 2.45) is 0 Å². The standard InChI is InChI=1S/C18H26FN3O4S/c1-10(2)13-8-12(19)9-14(11(3)4)17(13)20-18(24)21-27(25,26)16-7-6-15(23)22(16)5/h8-11,16H,6-7H2,1-5H3,(H2,20,21,24). The quantitative estimate of drug-likeness (QED) is 0.795. The highest BCUT2D eigenvalue weighted by molar-refractivity contribution is 7.90. The summed E-state index contributed by atoms with van der Waals surface area (Å²) in [4.78, 5) is 25.1. The van der Waals surface area contributed by atoms with Gasteiger partial charge in [0.05, 0.1) is 0 Å². The van der Waals surface area contributed by atoms with Crippen molar-refractivity contribution in [1.29, 1.82) is 0 Å². The summed E-state index contributed by atoms with van der Waals surface area (Å²) in [5.41, 5.74) is 1.57. The molecule has 1 unspecified atom stereocenters. The Balaban J connectivity index is 2.29. The van der Waals surface area contributed by atoms with Gasteiger partial charge in [-0.05, 0) is 41.5 Å². The van der Waals surface area contributed by atoms with E-state index < -0.39 is 27.2 Å². The molecule has 1 saturated heterocycles. The largest absolute Gasteiger partial charge is 0.332 e. The van der Waals surface area contributed by atoms with Gasteiger partial charge in [0, 0.05) is 19.2 Å². The van der Waals surface area contributed by atoms with Crippen LogP contribution in [0, 0.1) is 5.82 Å². The molecule has 1 aliphatic rings. The van der Waals surface area contributed by atoms with E-state index in [0.717, 1.165) is 4.90 Å². The fourth-order valence-corrected chi connectivity index (χ4v) is 4.59. The van der Waals surface area contributed by atoms with E-state index >= 15 is 0 Å². The smallest absolute Gasteiger partial charge is 0.327 e. The van der Waals surface area contributed by atoms with Crippen LogP contribution in [0.5, 0.6) is 0 Å². The molecule has 7 nitrogen and oxygen atoms in total. The molecule has 2 N–H and O–H groups in total. The molecule has 0 aliphatic carbocycles. The molecule has 0 saturated carbocycles. The zero-order valence-corrected chi connectivity index (χ0v) is 17.0. The van der Waals surface area contributed by atoms with Gasteiger partial charge in [0.25, 0.3) is 10.0 Å². The molecule has 2 rings (SSSR count). The van der Waals surface area contributed by atoms with Crippen LogP contribution >= 0.6 is 0 Å². The summed E-state index contributed by atoms with van der Waals surface area (Å²) in [6.07, 6.45) is 0.250. The Morgan fingerprint density at radius 2 is 1.70 bits per heavy atom. The van der Waals surface area contributed by atoms with E-state index in [9.17, 15) is 22.4 Å². The highest BCUT2D eigenvalue weighted by Crippen LogP contribution is 2.33. The van der Waals surface area contributed by atoms with Crippen molar-refractivity contribution in [1.82, 2.24) is 9.62 Å². The Morgan fingerprint density at radius 3 is 2.11 bits per heavy atom. The Kier molecular flexibility index (Phi) is 6.14. The van der Waals surface area contributed by atoms with Gasteiger partial charge < -0.3 is 10.2 Å². The number of halogens is 1. The predicted molar refractivity (Wildman–Crippen MR) is 101 cm³/mol. The van der Waals surface area contributed by atoms with Crippen molar-refractivity contribution in [2.75, 3.05) is 12.4 Å². The number of hydrogen-bond acceptors (Lipinski definition) is 4. The molecule has 0 spiro atoms. The average molecular weight is 399 g/mol. The number of likely N-dealkylation sites (tertiary alicyclic amines) is 1. The zero-order valence-electron chi connectivity index (χ0n) is 16.2. The first-order valence-electron chi connectivity index (χ1n) is 8.85. The van der Waals surface area contributed by atoms with Gasteiger partial charge in [-0.2, -0.15) is 0 Å². The van der Waals surface area contributed by atoms with Crippen LogP contribution in [0.2, 0.25) is 0 Å². The molecule has 1 atom stereocenters. The van der Waals surface area contributed by atoms with Crippen LogP contribution < -0.4 is 10.0 Å². The first-order chi connectivity index (χ1) is 12.4. The Morgan fingerprint density at radius 1 is 1.19 bits per heavy atom. The summed E-state index contributed by atoms with van der Waals surface area (Å²) in [6, 6.07) is 1.74. The molecule has 150 valence electrons. The van der Waals surface area contributed by atoms with Crippen molar-refractivity contribution < 1.29 is 22.4 Å². The van der Waals surface area contributed by atoms with E-state index in [1.165, 1.54) is 19.2 Å². The van der Waals surface area contributed by atoms with Crippen molar-refractivity contribution in [3.8, 4) is 0 Å². The van der Waals surface area contributed by atoms with Crippen molar-refractivity contribution in [3.63, 3.8) is 0 Å². The maximum atomic E-state index is 14.0. The van der Waals surface area contributed by atoms with Gasteiger partial charge in [-0.3, -0.25) is 4.79 Å². The molecule has 0 aromatic heterocycles. The summed E-state index contributed by atoms with van der Waals surface area (Å²) in [7, 11) is -2.67. The second-order valence-corrected chi connectivity index (χ2v) is 9.21. The molecule has 1 aromatic rings. The third kappa shape index (κ3) is 4.58. The minimum Gasteiger partial charge on any atom is -0.327 e. The highest BCUT2D eigenvalue weighted by atomic mass is 32.2. The van der Waals surface area contributed by atoms with Gasteiger partial charge >= 0.3 is 6.03 Å². The number of nitrogens with zero attached hydrogens (tertiary/aromatic N) is 1. The number of urea groups is 1. The second-order valence-electron chi connectivity index (χ2n) is 7.37. The molecule has 1 heterocycles. The van der Waals surface area contributed by atoms with Gasteiger partial charge in [0.15, 0.2) is 5.37 Å². The molecular formula is C18H26FN3O4S. The van der Waals surface area contributed by atoms with E-state index in [1.807, 2.05) is 32.4 Å². The van der Waals surface area contributed by atoms with Gasteiger partial charge in [-0.15, -0.1) is 0 Å². The van der Waals surface area contributed by atoms with Crippen LogP contribution in [0.4, 0.5) is 14.9 Å². The van der Waals surface area contributed by atoms with E-state index in [1.54, 1.807) is 0 Å². The number of anilines is 1. The van der Waals surface area contributed by atoms with E-state index in [0.29, 0.717) is 16.8 Å². The summed E-state index contributed by atoms with van der Waals surface area (Å²) < 4.78 is 40.8. The Hall–Kier alpha value is -2.16. The first-order valence-corrected chi connectivity index (χ1v) is 10.4.